The molecule has 0 saturated heterocycles. The van der Waals surface area contributed by atoms with E-state index >= 15 is 0 Å². The van der Waals surface area contributed by atoms with E-state index in [1.807, 2.05) is 6.92 Å². The van der Waals surface area contributed by atoms with E-state index in [2.05, 4.69) is 0 Å². The third-order valence-electron chi connectivity index (χ3n) is 3.29. The fourth-order valence-electron chi connectivity index (χ4n) is 2.35. The summed E-state index contributed by atoms with van der Waals surface area (Å²) in [7, 11) is 0. The fraction of sp³-hybridized carbons (Fsp3) is 0.917. The van der Waals surface area contributed by atoms with E-state index in [1.54, 1.807) is 4.90 Å². The van der Waals surface area contributed by atoms with Crippen molar-refractivity contribution in [2.75, 3.05) is 19.7 Å². The van der Waals surface area contributed by atoms with Crippen molar-refractivity contribution in [1.29, 1.82) is 0 Å². The van der Waals surface area contributed by atoms with Crippen molar-refractivity contribution in [3.63, 3.8) is 0 Å². The van der Waals surface area contributed by atoms with Gasteiger partial charge in [0.15, 0.2) is 0 Å². The smallest absolute Gasteiger partial charge is 0.222 e. The molecule has 0 heterocycles. The predicted molar refractivity (Wildman–Crippen MR) is 60.5 cm³/mol. The Balaban J connectivity index is 2.31. The number of aliphatic hydroxyl groups excluding tert-OH is 1. The summed E-state index contributed by atoms with van der Waals surface area (Å²) >= 11 is 0. The minimum absolute atomic E-state index is 0.0737. The van der Waals surface area contributed by atoms with Crippen LogP contribution in [-0.4, -0.2) is 35.6 Å². The van der Waals surface area contributed by atoms with Crippen molar-refractivity contribution in [2.24, 2.45) is 5.92 Å². The first-order valence-corrected chi connectivity index (χ1v) is 6.16. The van der Waals surface area contributed by atoms with Crippen LogP contribution in [0.2, 0.25) is 0 Å². The zero-order valence-corrected chi connectivity index (χ0v) is 9.74. The van der Waals surface area contributed by atoms with E-state index in [-0.39, 0.29) is 12.5 Å². The molecule has 1 saturated carbocycles. The maximum atomic E-state index is 11.8. The van der Waals surface area contributed by atoms with Gasteiger partial charge in [-0.05, 0) is 25.7 Å². The molecule has 0 radical (unpaired) electrons. The van der Waals surface area contributed by atoms with Gasteiger partial charge in [0.1, 0.15) is 0 Å². The maximum Gasteiger partial charge on any atom is 0.222 e. The summed E-state index contributed by atoms with van der Waals surface area (Å²) in [6.45, 7) is 3.24. The number of aliphatic hydroxyl groups is 1. The first-order valence-electron chi connectivity index (χ1n) is 6.16. The lowest BCUT2D eigenvalue weighted by atomic mass is 9.86. The molecule has 3 heteroatoms. The highest BCUT2D eigenvalue weighted by atomic mass is 16.3. The van der Waals surface area contributed by atoms with Crippen LogP contribution < -0.4 is 0 Å². The van der Waals surface area contributed by atoms with Crippen LogP contribution >= 0.6 is 0 Å². The first-order chi connectivity index (χ1) is 7.27. The van der Waals surface area contributed by atoms with E-state index in [9.17, 15) is 4.79 Å². The van der Waals surface area contributed by atoms with Crippen molar-refractivity contribution in [3.8, 4) is 0 Å². The first kappa shape index (κ1) is 12.5. The Bertz CT molecular complexity index is 188. The molecule has 1 N–H and O–H groups in total. The van der Waals surface area contributed by atoms with Crippen molar-refractivity contribution in [3.05, 3.63) is 0 Å². The second kappa shape index (κ2) is 6.83. The van der Waals surface area contributed by atoms with E-state index < -0.39 is 0 Å². The van der Waals surface area contributed by atoms with Gasteiger partial charge in [0.2, 0.25) is 5.91 Å². The molecular weight excluding hydrogens is 190 g/mol. The average molecular weight is 213 g/mol. The fourth-order valence-corrected chi connectivity index (χ4v) is 2.35. The van der Waals surface area contributed by atoms with Gasteiger partial charge >= 0.3 is 0 Å². The highest BCUT2D eigenvalue weighted by Crippen LogP contribution is 2.26. The van der Waals surface area contributed by atoms with Crippen LogP contribution in [0.15, 0.2) is 0 Å². The Morgan fingerprint density at radius 1 is 1.33 bits per heavy atom. The van der Waals surface area contributed by atoms with Crippen LogP contribution in [0.5, 0.6) is 0 Å². The Kier molecular flexibility index (Phi) is 5.69. The molecule has 1 aliphatic carbocycles. The summed E-state index contributed by atoms with van der Waals surface area (Å²) in [5.74, 6) is 0.817. The standard InChI is InChI=1S/C12H23NO2/c1-2-13(8-9-14)12(15)10-11-6-4-3-5-7-11/h11,14H,2-10H2,1H3. The van der Waals surface area contributed by atoms with E-state index in [0.717, 1.165) is 0 Å². The zero-order chi connectivity index (χ0) is 11.1. The van der Waals surface area contributed by atoms with Gasteiger partial charge in [-0.1, -0.05) is 19.3 Å². The SMILES string of the molecule is CCN(CCO)C(=O)CC1CCCCC1. The quantitative estimate of drug-likeness (QED) is 0.756. The number of hydrogen-bond acceptors (Lipinski definition) is 2. The molecule has 0 bridgehead atoms. The lowest BCUT2D eigenvalue weighted by Gasteiger charge is -2.25. The minimum atomic E-state index is 0.0737. The van der Waals surface area contributed by atoms with E-state index in [0.29, 0.717) is 25.4 Å². The summed E-state index contributed by atoms with van der Waals surface area (Å²) in [5.41, 5.74) is 0. The lowest BCUT2D eigenvalue weighted by Crippen LogP contribution is -2.34. The van der Waals surface area contributed by atoms with Crippen LogP contribution in [0.4, 0.5) is 0 Å². The van der Waals surface area contributed by atoms with Gasteiger partial charge in [0, 0.05) is 19.5 Å². The largest absolute Gasteiger partial charge is 0.395 e. The van der Waals surface area contributed by atoms with E-state index in [1.165, 1.54) is 32.1 Å². The molecular formula is C12H23NO2. The third kappa shape index (κ3) is 4.20. The molecule has 1 amide bonds. The van der Waals surface area contributed by atoms with Gasteiger partial charge in [-0.2, -0.15) is 0 Å². The van der Waals surface area contributed by atoms with Crippen molar-refractivity contribution in [2.45, 2.75) is 45.4 Å². The predicted octanol–water partition coefficient (Wildman–Crippen LogP) is 1.80. The molecule has 0 atom stereocenters. The topological polar surface area (TPSA) is 40.5 Å². The van der Waals surface area contributed by atoms with Gasteiger partial charge in [-0.3, -0.25) is 4.79 Å². The summed E-state index contributed by atoms with van der Waals surface area (Å²) < 4.78 is 0. The van der Waals surface area contributed by atoms with Crippen LogP contribution in [-0.2, 0) is 4.79 Å². The highest BCUT2D eigenvalue weighted by Gasteiger charge is 2.19. The molecule has 1 rings (SSSR count). The Morgan fingerprint density at radius 2 is 2.00 bits per heavy atom. The van der Waals surface area contributed by atoms with Crippen LogP contribution in [0.1, 0.15) is 45.4 Å². The second-order valence-corrected chi connectivity index (χ2v) is 4.41. The van der Waals surface area contributed by atoms with Crippen molar-refractivity contribution < 1.29 is 9.90 Å². The number of amides is 1. The van der Waals surface area contributed by atoms with Crippen molar-refractivity contribution in [1.82, 2.24) is 4.90 Å². The summed E-state index contributed by atoms with van der Waals surface area (Å²) in [6, 6.07) is 0. The lowest BCUT2D eigenvalue weighted by molar-refractivity contribution is -0.132. The zero-order valence-electron chi connectivity index (χ0n) is 9.74. The van der Waals surface area contributed by atoms with Gasteiger partial charge in [-0.25, -0.2) is 0 Å². The van der Waals surface area contributed by atoms with Crippen LogP contribution in [0, 0.1) is 5.92 Å². The molecule has 1 fully saturated rings. The Hall–Kier alpha value is -0.570. The monoisotopic (exact) mass is 213 g/mol. The number of carbonyl (C=O) groups excluding carboxylic acids is 1. The van der Waals surface area contributed by atoms with Crippen LogP contribution in [0.3, 0.4) is 0 Å². The molecule has 0 aromatic heterocycles. The number of carbonyl (C=O) groups is 1. The third-order valence-corrected chi connectivity index (χ3v) is 3.29. The minimum Gasteiger partial charge on any atom is -0.395 e. The number of rotatable bonds is 5. The molecule has 1 aliphatic rings. The molecule has 3 nitrogen and oxygen atoms in total. The molecule has 0 aromatic rings. The molecule has 0 aromatic carbocycles. The molecule has 0 unspecified atom stereocenters. The highest BCUT2D eigenvalue weighted by molar-refractivity contribution is 5.76. The number of nitrogens with zero attached hydrogens (tertiary/aromatic N) is 1. The maximum absolute atomic E-state index is 11.8. The molecule has 15 heavy (non-hydrogen) atoms. The molecule has 0 spiro atoms. The molecule has 0 aliphatic heterocycles. The Morgan fingerprint density at radius 3 is 2.53 bits per heavy atom. The number of hydrogen-bond donors (Lipinski definition) is 1. The van der Waals surface area contributed by atoms with Gasteiger partial charge in [-0.15, -0.1) is 0 Å². The average Bonchev–Trinajstić information content (AvgIpc) is 2.27. The summed E-state index contributed by atoms with van der Waals surface area (Å²) in [5, 5.41) is 8.83. The van der Waals surface area contributed by atoms with Gasteiger partial charge in [0.25, 0.3) is 0 Å². The van der Waals surface area contributed by atoms with Gasteiger partial charge < -0.3 is 10.0 Å². The second-order valence-electron chi connectivity index (χ2n) is 4.41. The summed E-state index contributed by atoms with van der Waals surface area (Å²) in [4.78, 5) is 13.6. The Labute approximate surface area is 92.5 Å². The van der Waals surface area contributed by atoms with Gasteiger partial charge in [0.05, 0.1) is 6.61 Å². The van der Waals surface area contributed by atoms with E-state index in [4.69, 9.17) is 5.11 Å². The van der Waals surface area contributed by atoms with Crippen LogP contribution in [0.25, 0.3) is 0 Å². The normalized spacial score (nSPS) is 17.7. The molecule has 88 valence electrons. The summed E-state index contributed by atoms with van der Waals surface area (Å²) in [6.07, 6.45) is 7.01. The number of likely N-dealkylation sites (N-methyl/N-ethyl adjacent to an activating group) is 1. The van der Waals surface area contributed by atoms with Crippen molar-refractivity contribution >= 4 is 5.91 Å².